The molecule has 0 fully saturated rings. The van der Waals surface area contributed by atoms with E-state index in [4.69, 9.17) is 20.8 Å². The number of thiophene rings is 1. The Hall–Kier alpha value is -2.30. The minimum atomic E-state index is -0.201. The molecule has 3 nitrogen and oxygen atoms in total. The summed E-state index contributed by atoms with van der Waals surface area (Å²) >= 11 is 7.58. The largest absolute Gasteiger partial charge is 0.487 e. The lowest BCUT2D eigenvalue weighted by Crippen LogP contribution is -2.09. The molecule has 0 amide bonds. The summed E-state index contributed by atoms with van der Waals surface area (Å²) < 4.78 is 12.8. The van der Waals surface area contributed by atoms with Crippen molar-refractivity contribution in [3.63, 3.8) is 0 Å². The smallest absolute Gasteiger partial charge is 0.235 e. The SMILES string of the molecule is CCOc1c(-c2cc3ccccc3s2)oc2ccc(Cl)cc2c1=O. The van der Waals surface area contributed by atoms with Crippen molar-refractivity contribution < 1.29 is 9.15 Å². The number of hydrogen-bond acceptors (Lipinski definition) is 4. The van der Waals surface area contributed by atoms with Gasteiger partial charge in [0, 0.05) is 9.72 Å². The van der Waals surface area contributed by atoms with E-state index in [0.29, 0.717) is 28.4 Å². The first-order valence-electron chi connectivity index (χ1n) is 7.55. The average Bonchev–Trinajstić information content (AvgIpc) is 3.01. The van der Waals surface area contributed by atoms with Gasteiger partial charge >= 0.3 is 0 Å². The Balaban J connectivity index is 2.04. The molecule has 2 aromatic carbocycles. The van der Waals surface area contributed by atoms with Gasteiger partial charge in [-0.1, -0.05) is 29.8 Å². The van der Waals surface area contributed by atoms with E-state index in [0.717, 1.165) is 15.0 Å². The van der Waals surface area contributed by atoms with Gasteiger partial charge in [-0.05, 0) is 42.6 Å². The predicted octanol–water partition coefficient (Wildman–Crippen LogP) is 5.73. The molecule has 0 aliphatic heterocycles. The molecule has 2 aromatic heterocycles. The second-order valence-electron chi connectivity index (χ2n) is 5.31. The van der Waals surface area contributed by atoms with E-state index in [1.807, 2.05) is 37.3 Å². The summed E-state index contributed by atoms with van der Waals surface area (Å²) in [6.45, 7) is 2.23. The van der Waals surface area contributed by atoms with Crippen molar-refractivity contribution >= 4 is 44.0 Å². The summed E-state index contributed by atoms with van der Waals surface area (Å²) in [6, 6.07) is 15.1. The maximum Gasteiger partial charge on any atom is 0.235 e. The fraction of sp³-hybridized carbons (Fsp3) is 0.105. The van der Waals surface area contributed by atoms with Crippen molar-refractivity contribution in [3.05, 3.63) is 63.8 Å². The second-order valence-corrected chi connectivity index (χ2v) is 6.83. The molecule has 0 spiro atoms. The standard InChI is InChI=1S/C19H13ClO3S/c1-2-22-19-17(21)13-10-12(20)7-8-14(13)23-18(19)16-9-11-5-3-4-6-15(11)24-16/h3-10H,2H2,1H3. The molecule has 0 atom stereocenters. The van der Waals surface area contributed by atoms with Crippen LogP contribution in [0.5, 0.6) is 5.75 Å². The first kappa shape index (κ1) is 15.2. The zero-order chi connectivity index (χ0) is 16.7. The molecule has 0 unspecified atom stereocenters. The van der Waals surface area contributed by atoms with Gasteiger partial charge in [0.25, 0.3) is 0 Å². The Morgan fingerprint density at radius 1 is 1.17 bits per heavy atom. The summed E-state index contributed by atoms with van der Waals surface area (Å²) in [6.07, 6.45) is 0. The lowest BCUT2D eigenvalue weighted by atomic mass is 10.2. The van der Waals surface area contributed by atoms with Crippen molar-refractivity contribution in [2.24, 2.45) is 0 Å². The number of benzene rings is 2. The van der Waals surface area contributed by atoms with Crippen LogP contribution in [0.4, 0.5) is 0 Å². The Kier molecular flexibility index (Phi) is 3.79. The molecule has 0 saturated carbocycles. The molecule has 0 aliphatic carbocycles. The van der Waals surface area contributed by atoms with Gasteiger partial charge in [0.1, 0.15) is 5.58 Å². The quantitative estimate of drug-likeness (QED) is 0.470. The van der Waals surface area contributed by atoms with Crippen molar-refractivity contribution in [2.75, 3.05) is 6.61 Å². The van der Waals surface area contributed by atoms with Crippen LogP contribution in [-0.2, 0) is 0 Å². The fourth-order valence-corrected chi connectivity index (χ4v) is 3.90. The van der Waals surface area contributed by atoms with E-state index in [2.05, 4.69) is 0 Å². The fourth-order valence-electron chi connectivity index (χ4n) is 2.68. The molecule has 4 rings (SSSR count). The van der Waals surface area contributed by atoms with Crippen LogP contribution in [0, 0.1) is 0 Å². The van der Waals surface area contributed by atoms with Crippen molar-refractivity contribution in [1.29, 1.82) is 0 Å². The van der Waals surface area contributed by atoms with Crippen molar-refractivity contribution in [2.45, 2.75) is 6.92 Å². The number of hydrogen-bond donors (Lipinski definition) is 0. The van der Waals surface area contributed by atoms with E-state index < -0.39 is 0 Å². The van der Waals surface area contributed by atoms with Crippen LogP contribution in [0.1, 0.15) is 6.92 Å². The summed E-state index contributed by atoms with van der Waals surface area (Å²) in [5, 5.41) is 2.03. The molecule has 2 heterocycles. The Labute approximate surface area is 147 Å². The summed E-state index contributed by atoms with van der Waals surface area (Å²) in [4.78, 5) is 13.7. The van der Waals surface area contributed by atoms with Crippen LogP contribution < -0.4 is 10.2 Å². The molecular formula is C19H13ClO3S. The summed E-state index contributed by atoms with van der Waals surface area (Å²) in [5.41, 5.74) is 0.299. The van der Waals surface area contributed by atoms with Crippen LogP contribution in [0.25, 0.3) is 31.7 Å². The molecular weight excluding hydrogens is 344 g/mol. The molecule has 0 radical (unpaired) electrons. The molecule has 4 aromatic rings. The van der Waals surface area contributed by atoms with Gasteiger partial charge in [-0.2, -0.15) is 0 Å². The topological polar surface area (TPSA) is 39.4 Å². The molecule has 0 N–H and O–H groups in total. The molecule has 120 valence electrons. The second kappa shape index (κ2) is 5.96. The van der Waals surface area contributed by atoms with E-state index in [1.54, 1.807) is 29.5 Å². The van der Waals surface area contributed by atoms with Crippen molar-refractivity contribution in [1.82, 2.24) is 0 Å². The van der Waals surface area contributed by atoms with E-state index >= 15 is 0 Å². The van der Waals surface area contributed by atoms with Gasteiger partial charge in [-0.15, -0.1) is 11.3 Å². The number of halogens is 1. The minimum absolute atomic E-state index is 0.201. The zero-order valence-corrected chi connectivity index (χ0v) is 14.4. The highest BCUT2D eigenvalue weighted by molar-refractivity contribution is 7.22. The zero-order valence-electron chi connectivity index (χ0n) is 12.8. The Morgan fingerprint density at radius 2 is 2.00 bits per heavy atom. The highest BCUT2D eigenvalue weighted by Crippen LogP contribution is 2.38. The Bertz CT molecular complexity index is 1080. The van der Waals surface area contributed by atoms with Crippen LogP contribution in [0.3, 0.4) is 0 Å². The molecule has 0 bridgehead atoms. The van der Waals surface area contributed by atoms with E-state index in [-0.39, 0.29) is 11.2 Å². The van der Waals surface area contributed by atoms with Crippen LogP contribution in [-0.4, -0.2) is 6.61 Å². The van der Waals surface area contributed by atoms with E-state index in [9.17, 15) is 4.79 Å². The lowest BCUT2D eigenvalue weighted by Gasteiger charge is -2.09. The van der Waals surface area contributed by atoms with E-state index in [1.165, 1.54) is 0 Å². The first-order chi connectivity index (χ1) is 11.7. The van der Waals surface area contributed by atoms with Gasteiger partial charge < -0.3 is 9.15 Å². The Morgan fingerprint density at radius 3 is 2.79 bits per heavy atom. The van der Waals surface area contributed by atoms with Gasteiger partial charge in [-0.3, -0.25) is 4.79 Å². The van der Waals surface area contributed by atoms with Gasteiger partial charge in [-0.25, -0.2) is 0 Å². The molecule has 0 aliphatic rings. The normalized spacial score (nSPS) is 11.2. The predicted molar refractivity (Wildman–Crippen MR) is 99.5 cm³/mol. The third-order valence-corrected chi connectivity index (χ3v) is 5.10. The number of ether oxygens (including phenoxy) is 1. The third-order valence-electron chi connectivity index (χ3n) is 3.75. The molecule has 24 heavy (non-hydrogen) atoms. The average molecular weight is 357 g/mol. The minimum Gasteiger partial charge on any atom is -0.487 e. The number of fused-ring (bicyclic) bond motifs is 2. The lowest BCUT2D eigenvalue weighted by molar-refractivity contribution is 0.330. The highest BCUT2D eigenvalue weighted by Gasteiger charge is 2.19. The van der Waals surface area contributed by atoms with Gasteiger partial charge in [0.05, 0.1) is 16.9 Å². The molecule has 5 heteroatoms. The number of rotatable bonds is 3. The molecule has 0 saturated heterocycles. The van der Waals surface area contributed by atoms with Crippen molar-refractivity contribution in [3.8, 4) is 16.4 Å². The maximum absolute atomic E-state index is 12.8. The van der Waals surface area contributed by atoms with Crippen LogP contribution in [0.2, 0.25) is 5.02 Å². The van der Waals surface area contributed by atoms with Crippen LogP contribution >= 0.6 is 22.9 Å². The third kappa shape index (κ3) is 2.48. The van der Waals surface area contributed by atoms with Gasteiger partial charge in [0.2, 0.25) is 11.2 Å². The van der Waals surface area contributed by atoms with Crippen LogP contribution in [0.15, 0.2) is 57.7 Å². The monoisotopic (exact) mass is 356 g/mol. The summed E-state index contributed by atoms with van der Waals surface area (Å²) in [5.74, 6) is 0.705. The maximum atomic E-state index is 12.8. The van der Waals surface area contributed by atoms with Gasteiger partial charge in [0.15, 0.2) is 5.76 Å². The summed E-state index contributed by atoms with van der Waals surface area (Å²) in [7, 11) is 0. The highest BCUT2D eigenvalue weighted by atomic mass is 35.5. The first-order valence-corrected chi connectivity index (χ1v) is 8.75.